The molecule has 152 valence electrons. The molecule has 0 fully saturated rings. The molecule has 2 N–H and O–H groups in total. The predicted octanol–water partition coefficient (Wildman–Crippen LogP) is 4.18. The molecule has 1 aliphatic rings. The Labute approximate surface area is 174 Å². The van der Waals surface area contributed by atoms with Gasteiger partial charge in [-0.3, -0.25) is 14.4 Å². The summed E-state index contributed by atoms with van der Waals surface area (Å²) in [7, 11) is 0. The Morgan fingerprint density at radius 3 is 2.55 bits per heavy atom. The van der Waals surface area contributed by atoms with Gasteiger partial charge in [0, 0.05) is 10.6 Å². The van der Waals surface area contributed by atoms with Crippen molar-refractivity contribution in [1.29, 1.82) is 0 Å². The van der Waals surface area contributed by atoms with Crippen molar-refractivity contribution in [3.63, 3.8) is 0 Å². The van der Waals surface area contributed by atoms with E-state index in [1.165, 1.54) is 18.7 Å². The fourth-order valence-corrected chi connectivity index (χ4v) is 4.12. The second-order valence-electron chi connectivity index (χ2n) is 7.16. The van der Waals surface area contributed by atoms with Crippen LogP contribution in [0.15, 0.2) is 53.4 Å². The molecule has 1 heterocycles. The number of rotatable bonds is 6. The monoisotopic (exact) mass is 412 g/mol. The van der Waals surface area contributed by atoms with Gasteiger partial charge in [-0.1, -0.05) is 44.2 Å². The van der Waals surface area contributed by atoms with Crippen LogP contribution in [0.4, 0.5) is 11.4 Å². The second kappa shape index (κ2) is 9.13. The van der Waals surface area contributed by atoms with Gasteiger partial charge in [0.15, 0.2) is 6.10 Å². The molecule has 2 amide bonds. The number of nitrogens with one attached hydrogen (secondary N) is 2. The van der Waals surface area contributed by atoms with Crippen molar-refractivity contribution in [2.24, 2.45) is 0 Å². The van der Waals surface area contributed by atoms with Crippen LogP contribution in [-0.4, -0.2) is 29.1 Å². The van der Waals surface area contributed by atoms with Gasteiger partial charge in [0.2, 0.25) is 5.91 Å². The fourth-order valence-electron chi connectivity index (χ4n) is 3.03. The highest BCUT2D eigenvalue weighted by molar-refractivity contribution is 8.01. The Bertz CT molecular complexity index is 929. The third-order valence-electron chi connectivity index (χ3n) is 4.58. The number of ether oxygens (including phenoxy) is 1. The first-order valence-electron chi connectivity index (χ1n) is 9.51. The maximum Gasteiger partial charge on any atom is 0.308 e. The molecule has 0 aromatic heterocycles. The SMILES string of the molecule is CC(C)c1ccccc1NC(=O)[C@@H](C)OC(=O)C[C@H]1Sc2ccccc2NC1=O. The van der Waals surface area contributed by atoms with Gasteiger partial charge >= 0.3 is 5.97 Å². The molecular weight excluding hydrogens is 388 g/mol. The van der Waals surface area contributed by atoms with Crippen molar-refractivity contribution < 1.29 is 19.1 Å². The van der Waals surface area contributed by atoms with Crippen LogP contribution < -0.4 is 10.6 Å². The number of thioether (sulfide) groups is 1. The molecule has 7 heteroatoms. The number of anilines is 2. The molecule has 0 aliphatic carbocycles. The lowest BCUT2D eigenvalue weighted by atomic mass is 10.0. The smallest absolute Gasteiger partial charge is 0.308 e. The summed E-state index contributed by atoms with van der Waals surface area (Å²) in [6, 6.07) is 15.0. The van der Waals surface area contributed by atoms with Gasteiger partial charge in [0.1, 0.15) is 0 Å². The first-order valence-corrected chi connectivity index (χ1v) is 10.4. The van der Waals surface area contributed by atoms with Gasteiger partial charge in [-0.15, -0.1) is 11.8 Å². The lowest BCUT2D eigenvalue weighted by Gasteiger charge is -2.24. The number of benzene rings is 2. The van der Waals surface area contributed by atoms with Gasteiger partial charge in [-0.05, 0) is 36.6 Å². The zero-order chi connectivity index (χ0) is 21.0. The van der Waals surface area contributed by atoms with Crippen molar-refractivity contribution in [3.8, 4) is 0 Å². The highest BCUT2D eigenvalue weighted by atomic mass is 32.2. The average molecular weight is 413 g/mol. The van der Waals surface area contributed by atoms with E-state index in [4.69, 9.17) is 4.74 Å². The lowest BCUT2D eigenvalue weighted by molar-refractivity contribution is -0.153. The van der Waals surface area contributed by atoms with Crippen molar-refractivity contribution >= 4 is 40.9 Å². The largest absolute Gasteiger partial charge is 0.452 e. The highest BCUT2D eigenvalue weighted by Gasteiger charge is 2.30. The van der Waals surface area contributed by atoms with Crippen LogP contribution in [0, 0.1) is 0 Å². The second-order valence-corrected chi connectivity index (χ2v) is 8.40. The molecule has 0 spiro atoms. The predicted molar refractivity (Wildman–Crippen MR) is 114 cm³/mol. The fraction of sp³-hybridized carbons (Fsp3) is 0.318. The first-order chi connectivity index (χ1) is 13.8. The van der Waals surface area contributed by atoms with Crippen molar-refractivity contribution in [2.45, 2.75) is 49.4 Å². The van der Waals surface area contributed by atoms with E-state index < -0.39 is 23.2 Å². The zero-order valence-corrected chi connectivity index (χ0v) is 17.4. The van der Waals surface area contributed by atoms with E-state index in [9.17, 15) is 14.4 Å². The zero-order valence-electron chi connectivity index (χ0n) is 16.6. The number of hydrogen-bond donors (Lipinski definition) is 2. The summed E-state index contributed by atoms with van der Waals surface area (Å²) in [4.78, 5) is 37.9. The number of amides is 2. The van der Waals surface area contributed by atoms with Crippen LogP contribution in [0.25, 0.3) is 0 Å². The van der Waals surface area contributed by atoms with Gasteiger partial charge < -0.3 is 15.4 Å². The maximum atomic E-state index is 12.5. The van der Waals surface area contributed by atoms with Gasteiger partial charge in [-0.25, -0.2) is 0 Å². The summed E-state index contributed by atoms with van der Waals surface area (Å²) < 4.78 is 5.28. The van der Waals surface area contributed by atoms with E-state index in [0.717, 1.165) is 16.1 Å². The Hall–Kier alpha value is -2.80. The molecule has 3 rings (SSSR count). The Kier molecular flexibility index (Phi) is 6.59. The van der Waals surface area contributed by atoms with Crippen molar-refractivity contribution in [2.75, 3.05) is 10.6 Å². The lowest BCUT2D eigenvalue weighted by Crippen LogP contribution is -2.34. The highest BCUT2D eigenvalue weighted by Crippen LogP contribution is 2.36. The summed E-state index contributed by atoms with van der Waals surface area (Å²) in [6.07, 6.45) is -1.07. The van der Waals surface area contributed by atoms with E-state index in [1.54, 1.807) is 0 Å². The van der Waals surface area contributed by atoms with E-state index in [-0.39, 0.29) is 18.2 Å². The number of carbonyl (C=O) groups excluding carboxylic acids is 3. The number of para-hydroxylation sites is 2. The number of hydrogen-bond acceptors (Lipinski definition) is 5. The summed E-state index contributed by atoms with van der Waals surface area (Å²) in [5.74, 6) is -0.989. The molecule has 0 unspecified atom stereocenters. The van der Waals surface area contributed by atoms with Crippen LogP contribution in [0.3, 0.4) is 0 Å². The summed E-state index contributed by atoms with van der Waals surface area (Å²) in [5, 5.41) is 5.03. The summed E-state index contributed by atoms with van der Waals surface area (Å²) in [5.41, 5.74) is 2.45. The minimum atomic E-state index is -0.966. The first kappa shape index (κ1) is 20.9. The third kappa shape index (κ3) is 5.17. The number of fused-ring (bicyclic) bond motifs is 1. The Morgan fingerprint density at radius 1 is 1.10 bits per heavy atom. The van der Waals surface area contributed by atoms with Crippen LogP contribution in [-0.2, 0) is 19.1 Å². The molecule has 0 saturated carbocycles. The normalized spacial score (nSPS) is 16.6. The molecule has 2 atom stereocenters. The Morgan fingerprint density at radius 2 is 1.79 bits per heavy atom. The van der Waals surface area contributed by atoms with Crippen molar-refractivity contribution in [3.05, 3.63) is 54.1 Å². The molecule has 1 aliphatic heterocycles. The van der Waals surface area contributed by atoms with E-state index in [1.807, 2.05) is 62.4 Å². The van der Waals surface area contributed by atoms with E-state index in [0.29, 0.717) is 5.69 Å². The van der Waals surface area contributed by atoms with Gasteiger partial charge in [0.05, 0.1) is 17.4 Å². The van der Waals surface area contributed by atoms with Crippen molar-refractivity contribution in [1.82, 2.24) is 0 Å². The molecule has 6 nitrogen and oxygen atoms in total. The maximum absolute atomic E-state index is 12.5. The molecular formula is C22H24N2O4S. The standard InChI is InChI=1S/C22H24N2O4S/c1-13(2)15-8-4-5-9-16(15)23-21(26)14(3)28-20(25)12-19-22(27)24-17-10-6-7-11-18(17)29-19/h4-11,13-14,19H,12H2,1-3H3,(H,23,26)(H,24,27)/t14-,19-/m1/s1. The minimum absolute atomic E-state index is 0.106. The van der Waals surface area contributed by atoms with Crippen LogP contribution >= 0.6 is 11.8 Å². The quantitative estimate of drug-likeness (QED) is 0.695. The summed E-state index contributed by atoms with van der Waals surface area (Å²) in [6.45, 7) is 5.60. The Balaban J connectivity index is 1.57. The molecule has 0 bridgehead atoms. The molecule has 0 saturated heterocycles. The topological polar surface area (TPSA) is 84.5 Å². The van der Waals surface area contributed by atoms with Crippen LogP contribution in [0.2, 0.25) is 0 Å². The molecule has 29 heavy (non-hydrogen) atoms. The molecule has 0 radical (unpaired) electrons. The van der Waals surface area contributed by atoms with Gasteiger partial charge in [0.25, 0.3) is 5.91 Å². The number of carbonyl (C=O) groups is 3. The van der Waals surface area contributed by atoms with Crippen LogP contribution in [0.5, 0.6) is 0 Å². The van der Waals surface area contributed by atoms with Gasteiger partial charge in [-0.2, -0.15) is 0 Å². The van der Waals surface area contributed by atoms with Crippen LogP contribution in [0.1, 0.15) is 38.7 Å². The number of esters is 1. The third-order valence-corrected chi connectivity index (χ3v) is 5.85. The summed E-state index contributed by atoms with van der Waals surface area (Å²) >= 11 is 1.32. The minimum Gasteiger partial charge on any atom is -0.452 e. The average Bonchev–Trinajstić information content (AvgIpc) is 2.68. The van der Waals surface area contributed by atoms with E-state index in [2.05, 4.69) is 10.6 Å². The molecule has 2 aromatic carbocycles. The van der Waals surface area contributed by atoms with E-state index >= 15 is 0 Å². The molecule has 2 aromatic rings.